The molecule has 0 aromatic rings. The Morgan fingerprint density at radius 1 is 0.255 bits per heavy atom. The van der Waals surface area contributed by atoms with Crippen LogP contribution in [0.4, 0.5) is 0 Å². The van der Waals surface area contributed by atoms with Crippen molar-refractivity contribution in [1.29, 1.82) is 0 Å². The number of hydrogen-bond acceptors (Lipinski definition) is 15. The van der Waals surface area contributed by atoms with Gasteiger partial charge in [-0.05, 0) is 49.4 Å². The second kappa shape index (κ2) is 68.2. The van der Waals surface area contributed by atoms with Gasteiger partial charge in [0.1, 0.15) is 19.3 Å². The predicted octanol–water partition coefficient (Wildman–Crippen LogP) is 23.2. The Morgan fingerprint density at radius 3 is 0.633 bits per heavy atom. The molecule has 0 aliphatic rings. The first-order valence-electron chi connectivity index (χ1n) is 40.7. The maximum Gasteiger partial charge on any atom is 0.472 e. The summed E-state index contributed by atoms with van der Waals surface area (Å²) in [5, 5.41) is 10.6. The van der Waals surface area contributed by atoms with E-state index in [1.165, 1.54) is 199 Å². The lowest BCUT2D eigenvalue weighted by atomic mass is 10.0. The number of unbranched alkanes of at least 4 members (excludes halogenated alkanes) is 42. The molecule has 0 saturated heterocycles. The summed E-state index contributed by atoms with van der Waals surface area (Å²) in [6, 6.07) is 0. The minimum Gasteiger partial charge on any atom is -0.462 e. The van der Waals surface area contributed by atoms with E-state index in [4.69, 9.17) is 37.0 Å². The lowest BCUT2D eigenvalue weighted by Crippen LogP contribution is -2.30. The number of phosphoric ester groups is 2. The Kier molecular flexibility index (Phi) is 66.8. The van der Waals surface area contributed by atoms with Gasteiger partial charge in [-0.3, -0.25) is 37.3 Å². The van der Waals surface area contributed by atoms with Crippen molar-refractivity contribution in [2.75, 3.05) is 39.6 Å². The van der Waals surface area contributed by atoms with Gasteiger partial charge in [-0.1, -0.05) is 351 Å². The number of ether oxygens (including phenoxy) is 4. The quantitative estimate of drug-likeness (QED) is 0.0222. The molecule has 0 radical (unpaired) electrons. The Hall–Kier alpha value is -1.94. The largest absolute Gasteiger partial charge is 0.472 e. The van der Waals surface area contributed by atoms with Gasteiger partial charge >= 0.3 is 39.5 Å². The first-order valence-corrected chi connectivity index (χ1v) is 43.7. The van der Waals surface area contributed by atoms with Crippen LogP contribution in [0.25, 0.3) is 0 Å². The van der Waals surface area contributed by atoms with E-state index in [2.05, 4.69) is 55.4 Å². The maximum absolute atomic E-state index is 13.1. The standard InChI is InChI=1S/C79H154O17P2/c1-69(2)55-47-39-31-25-19-15-11-9-13-17-21-29-35-45-53-61-78(83)95-74(65-89-76(81)59-51-43-34-28-24-23-27-33-41-49-57-71(5)6)67-93-97(85,86)91-63-73(80)64-92-98(87,88)94-68-75(66-90-77(82)60-52-44-38-37-42-50-58-72(7)8)96-79(84)62-54-46-36-30-22-18-14-10-12-16-20-26-32-40-48-56-70(3)4/h69-75,80H,9-68H2,1-8H3,(H,85,86)(H,87,88)/t73?,74-,75-/m1/s1. The van der Waals surface area contributed by atoms with Crippen LogP contribution >= 0.6 is 15.6 Å². The average molecular weight is 1440 g/mol. The van der Waals surface area contributed by atoms with Crippen molar-refractivity contribution < 1.29 is 80.2 Å². The first kappa shape index (κ1) is 96.1. The fourth-order valence-corrected chi connectivity index (χ4v) is 13.7. The molecule has 0 saturated carbocycles. The molecule has 0 aromatic heterocycles. The highest BCUT2D eigenvalue weighted by Gasteiger charge is 2.30. The van der Waals surface area contributed by atoms with Crippen molar-refractivity contribution in [1.82, 2.24) is 0 Å². The zero-order valence-corrected chi connectivity index (χ0v) is 66.2. The van der Waals surface area contributed by atoms with Crippen molar-refractivity contribution in [3.05, 3.63) is 0 Å². The highest BCUT2D eigenvalue weighted by molar-refractivity contribution is 7.47. The minimum absolute atomic E-state index is 0.106. The second-order valence-electron chi connectivity index (χ2n) is 30.4. The summed E-state index contributed by atoms with van der Waals surface area (Å²) in [7, 11) is -9.92. The SMILES string of the molecule is CC(C)CCCCCCCCCCCCCCCCCC(=O)O[C@H](COC(=O)CCCCCCCCCCCCC(C)C)COP(=O)(O)OCC(O)COP(=O)(O)OC[C@@H](COC(=O)CCCCCCCCC(C)C)OC(=O)CCCCCCCCCCCCCCCCCC(C)C. The number of esters is 4. The molecule has 98 heavy (non-hydrogen) atoms. The van der Waals surface area contributed by atoms with E-state index in [9.17, 15) is 43.2 Å². The van der Waals surface area contributed by atoms with Crippen LogP contribution < -0.4 is 0 Å². The zero-order valence-electron chi connectivity index (χ0n) is 64.4. The van der Waals surface area contributed by atoms with Crippen LogP contribution in [0, 0.1) is 23.7 Å². The molecule has 0 aromatic carbocycles. The van der Waals surface area contributed by atoms with Gasteiger partial charge in [0.2, 0.25) is 0 Å². The molecule has 5 atom stereocenters. The molecule has 0 aliphatic carbocycles. The summed E-state index contributed by atoms with van der Waals surface area (Å²) < 4.78 is 68.6. The molecule has 17 nitrogen and oxygen atoms in total. The monoisotopic (exact) mass is 1440 g/mol. The van der Waals surface area contributed by atoms with Gasteiger partial charge in [-0.2, -0.15) is 0 Å². The molecular formula is C79H154O17P2. The van der Waals surface area contributed by atoms with Gasteiger partial charge in [-0.15, -0.1) is 0 Å². The summed E-state index contributed by atoms with van der Waals surface area (Å²) in [5.74, 6) is 0.925. The smallest absolute Gasteiger partial charge is 0.462 e. The Labute approximate surface area is 600 Å². The van der Waals surface area contributed by atoms with E-state index < -0.39 is 97.5 Å². The van der Waals surface area contributed by atoms with Gasteiger partial charge in [-0.25, -0.2) is 9.13 Å². The number of aliphatic hydroxyl groups excluding tert-OH is 1. The summed E-state index contributed by atoms with van der Waals surface area (Å²) in [4.78, 5) is 72.9. The third-order valence-electron chi connectivity index (χ3n) is 18.3. The molecule has 0 fully saturated rings. The van der Waals surface area contributed by atoms with Gasteiger partial charge < -0.3 is 33.8 Å². The van der Waals surface area contributed by atoms with Crippen LogP contribution in [0.2, 0.25) is 0 Å². The van der Waals surface area contributed by atoms with Crippen molar-refractivity contribution >= 4 is 39.5 Å². The third kappa shape index (κ3) is 72.4. The summed E-state index contributed by atoms with van der Waals surface area (Å²) in [5.41, 5.74) is 0. The van der Waals surface area contributed by atoms with Gasteiger partial charge in [0.15, 0.2) is 12.2 Å². The highest BCUT2D eigenvalue weighted by Crippen LogP contribution is 2.45. The first-order chi connectivity index (χ1) is 47.1. The zero-order chi connectivity index (χ0) is 72.4. The van der Waals surface area contributed by atoms with E-state index in [-0.39, 0.29) is 25.7 Å². The van der Waals surface area contributed by atoms with Crippen LogP contribution in [-0.4, -0.2) is 96.7 Å². The van der Waals surface area contributed by atoms with Crippen molar-refractivity contribution in [2.45, 2.75) is 420 Å². The Bertz CT molecular complexity index is 1920. The molecule has 3 unspecified atom stereocenters. The number of hydrogen-bond donors (Lipinski definition) is 3. The normalized spacial score (nSPS) is 14.1. The Morgan fingerprint density at radius 2 is 0.429 bits per heavy atom. The summed E-state index contributed by atoms with van der Waals surface area (Å²) >= 11 is 0. The molecular weight excluding hydrogens is 1280 g/mol. The number of carbonyl (C=O) groups is 4. The van der Waals surface area contributed by atoms with E-state index in [0.29, 0.717) is 31.6 Å². The predicted molar refractivity (Wildman–Crippen MR) is 400 cm³/mol. The Balaban J connectivity index is 5.21. The van der Waals surface area contributed by atoms with E-state index in [1.807, 2.05) is 0 Å². The molecule has 0 amide bonds. The minimum atomic E-state index is -4.96. The maximum atomic E-state index is 13.1. The van der Waals surface area contributed by atoms with E-state index in [1.54, 1.807) is 0 Å². The van der Waals surface area contributed by atoms with Crippen LogP contribution in [0.15, 0.2) is 0 Å². The van der Waals surface area contributed by atoms with Gasteiger partial charge in [0.25, 0.3) is 0 Å². The van der Waals surface area contributed by atoms with Crippen LogP contribution in [0.3, 0.4) is 0 Å². The summed E-state index contributed by atoms with van der Waals surface area (Å²) in [6.45, 7) is 14.2. The van der Waals surface area contributed by atoms with Crippen LogP contribution in [0.1, 0.15) is 402 Å². The molecule has 0 rings (SSSR count). The van der Waals surface area contributed by atoms with E-state index >= 15 is 0 Å². The average Bonchev–Trinajstić information content (AvgIpc) is 1.00. The molecule has 3 N–H and O–H groups in total. The second-order valence-corrected chi connectivity index (χ2v) is 33.3. The lowest BCUT2D eigenvalue weighted by Gasteiger charge is -2.21. The van der Waals surface area contributed by atoms with Crippen molar-refractivity contribution in [3.8, 4) is 0 Å². The summed E-state index contributed by atoms with van der Waals surface area (Å²) in [6.07, 6.45) is 54.3. The van der Waals surface area contributed by atoms with Crippen LogP contribution in [-0.2, 0) is 65.4 Å². The third-order valence-corrected chi connectivity index (χ3v) is 20.2. The molecule has 0 aliphatic heterocycles. The molecule has 19 heteroatoms. The number of rotatable bonds is 76. The van der Waals surface area contributed by atoms with Crippen LogP contribution in [0.5, 0.6) is 0 Å². The topological polar surface area (TPSA) is 237 Å². The highest BCUT2D eigenvalue weighted by atomic mass is 31.2. The lowest BCUT2D eigenvalue weighted by molar-refractivity contribution is -0.161. The number of phosphoric acid groups is 2. The fourth-order valence-electron chi connectivity index (χ4n) is 12.1. The molecule has 0 spiro atoms. The van der Waals surface area contributed by atoms with Gasteiger partial charge in [0, 0.05) is 25.7 Å². The van der Waals surface area contributed by atoms with Crippen molar-refractivity contribution in [2.24, 2.45) is 23.7 Å². The van der Waals surface area contributed by atoms with Crippen molar-refractivity contribution in [3.63, 3.8) is 0 Å². The molecule has 0 heterocycles. The number of carbonyl (C=O) groups excluding carboxylic acids is 4. The molecule has 0 bridgehead atoms. The van der Waals surface area contributed by atoms with E-state index in [0.717, 1.165) is 114 Å². The fraction of sp³-hybridized carbons (Fsp3) is 0.949. The number of aliphatic hydroxyl groups is 1. The van der Waals surface area contributed by atoms with Gasteiger partial charge in [0.05, 0.1) is 26.4 Å². The molecule has 582 valence electrons.